The Kier molecular flexibility index (Phi) is 2.51. The molecule has 0 amide bonds. The van der Waals surface area contributed by atoms with Gasteiger partial charge in [0.15, 0.2) is 12.4 Å². The van der Waals surface area contributed by atoms with Gasteiger partial charge in [-0.15, -0.1) is 0 Å². The molecule has 0 bridgehead atoms. The van der Waals surface area contributed by atoms with Crippen molar-refractivity contribution in [2.75, 3.05) is 0 Å². The molecule has 5 heterocycles. The lowest BCUT2D eigenvalue weighted by Gasteiger charge is -2.12. The van der Waals surface area contributed by atoms with Crippen LogP contribution in [-0.2, 0) is 13.1 Å². The molecule has 4 aromatic heterocycles. The topological polar surface area (TPSA) is 59.3 Å². The third-order valence-electron chi connectivity index (χ3n) is 5.73. The molecule has 0 atom stereocenters. The van der Waals surface area contributed by atoms with Crippen molar-refractivity contribution >= 4 is 54.9 Å². The maximum atomic E-state index is 5.09. The molecule has 6 nitrogen and oxygen atoms in total. The second kappa shape index (κ2) is 4.92. The monoisotopic (exact) mass is 362 g/mol. The van der Waals surface area contributed by atoms with Crippen molar-refractivity contribution in [3.8, 4) is 0 Å². The SMILES string of the molecule is c1cc2c3nc4ccc5nccnc5c4nc3c3ccc[n+]4c3c2[n+](c1)CC4. The van der Waals surface area contributed by atoms with E-state index in [2.05, 4.69) is 55.8 Å². The summed E-state index contributed by atoms with van der Waals surface area (Å²) in [5, 5.41) is 2.26. The number of fused-ring (bicyclic) bond motifs is 6. The van der Waals surface area contributed by atoms with Crippen LogP contribution in [0.25, 0.3) is 54.9 Å². The quantitative estimate of drug-likeness (QED) is 0.237. The number of hydrogen-bond donors (Lipinski definition) is 0. The fourth-order valence-electron chi connectivity index (χ4n) is 4.53. The van der Waals surface area contributed by atoms with Gasteiger partial charge in [-0.05, 0) is 24.3 Å². The molecule has 2 aromatic carbocycles. The van der Waals surface area contributed by atoms with E-state index in [1.807, 2.05) is 12.1 Å². The predicted octanol–water partition coefficient (Wildman–Crippen LogP) is 2.62. The van der Waals surface area contributed by atoms with Crippen molar-refractivity contribution in [1.82, 2.24) is 19.9 Å². The summed E-state index contributed by atoms with van der Waals surface area (Å²) >= 11 is 0. The van der Waals surface area contributed by atoms with Gasteiger partial charge in [0.05, 0.1) is 21.8 Å². The van der Waals surface area contributed by atoms with Gasteiger partial charge < -0.3 is 0 Å². The molecule has 0 saturated heterocycles. The van der Waals surface area contributed by atoms with Gasteiger partial charge in [-0.25, -0.2) is 9.97 Å². The van der Waals surface area contributed by atoms with Crippen LogP contribution in [0.3, 0.4) is 0 Å². The van der Waals surface area contributed by atoms with Crippen LogP contribution >= 0.6 is 0 Å². The van der Waals surface area contributed by atoms with Crippen molar-refractivity contribution in [1.29, 1.82) is 0 Å². The Labute approximate surface area is 158 Å². The van der Waals surface area contributed by atoms with Gasteiger partial charge >= 0.3 is 0 Å². The Morgan fingerprint density at radius 3 is 2.00 bits per heavy atom. The molecule has 130 valence electrons. The maximum Gasteiger partial charge on any atom is 0.287 e. The van der Waals surface area contributed by atoms with Crippen molar-refractivity contribution in [2.45, 2.75) is 13.1 Å². The maximum absolute atomic E-state index is 5.09. The molecule has 0 N–H and O–H groups in total. The summed E-state index contributed by atoms with van der Waals surface area (Å²) in [5.74, 6) is 0. The van der Waals surface area contributed by atoms with Gasteiger partial charge in [0.2, 0.25) is 13.1 Å². The fraction of sp³-hybridized carbons (Fsp3) is 0.0909. The third kappa shape index (κ3) is 1.67. The average Bonchev–Trinajstić information content (AvgIpc) is 2.77. The first-order valence-electron chi connectivity index (χ1n) is 9.36. The number of aromatic nitrogens is 6. The van der Waals surface area contributed by atoms with E-state index in [9.17, 15) is 0 Å². The first-order chi connectivity index (χ1) is 13.9. The summed E-state index contributed by atoms with van der Waals surface area (Å²) in [6, 6.07) is 12.4. The van der Waals surface area contributed by atoms with Gasteiger partial charge in [-0.3, -0.25) is 9.97 Å². The highest BCUT2D eigenvalue weighted by Gasteiger charge is 2.30. The molecule has 0 aliphatic carbocycles. The zero-order valence-corrected chi connectivity index (χ0v) is 14.9. The summed E-state index contributed by atoms with van der Waals surface area (Å²) in [4.78, 5) is 19.1. The predicted molar refractivity (Wildman–Crippen MR) is 106 cm³/mol. The molecule has 28 heavy (non-hydrogen) atoms. The van der Waals surface area contributed by atoms with Crippen molar-refractivity contribution < 1.29 is 9.13 Å². The number of rotatable bonds is 0. The number of pyridine rings is 2. The molecule has 6 heteroatoms. The molecule has 0 radical (unpaired) electrons. The summed E-state index contributed by atoms with van der Waals surface area (Å²) in [6.07, 6.45) is 7.72. The average molecular weight is 362 g/mol. The molecule has 1 aliphatic heterocycles. The van der Waals surface area contributed by atoms with Crippen LogP contribution in [0.1, 0.15) is 0 Å². The van der Waals surface area contributed by atoms with E-state index in [1.165, 1.54) is 11.0 Å². The molecule has 1 aliphatic rings. The van der Waals surface area contributed by atoms with Gasteiger partial charge in [-0.2, -0.15) is 9.13 Å². The Morgan fingerprint density at radius 2 is 1.25 bits per heavy atom. The fourth-order valence-corrected chi connectivity index (χ4v) is 4.53. The lowest BCUT2D eigenvalue weighted by Crippen LogP contribution is -2.50. The smallest absolute Gasteiger partial charge is 0.253 e. The molecule has 0 saturated carbocycles. The second-order valence-corrected chi connectivity index (χ2v) is 7.21. The highest BCUT2D eigenvalue weighted by atomic mass is 15.1. The van der Waals surface area contributed by atoms with E-state index in [4.69, 9.17) is 9.97 Å². The number of hydrogen-bond acceptors (Lipinski definition) is 4. The number of nitrogens with zero attached hydrogens (tertiary/aromatic N) is 6. The van der Waals surface area contributed by atoms with Crippen LogP contribution in [0.2, 0.25) is 0 Å². The highest BCUT2D eigenvalue weighted by Crippen LogP contribution is 2.32. The first-order valence-corrected chi connectivity index (χ1v) is 9.36. The highest BCUT2D eigenvalue weighted by molar-refractivity contribution is 6.20. The van der Waals surface area contributed by atoms with E-state index in [0.29, 0.717) is 0 Å². The lowest BCUT2D eigenvalue weighted by molar-refractivity contribution is -0.771. The van der Waals surface area contributed by atoms with Crippen LogP contribution in [0.15, 0.2) is 61.2 Å². The van der Waals surface area contributed by atoms with E-state index in [1.54, 1.807) is 12.4 Å². The van der Waals surface area contributed by atoms with Gasteiger partial charge in [0.25, 0.3) is 11.0 Å². The van der Waals surface area contributed by atoms with E-state index < -0.39 is 0 Å². The van der Waals surface area contributed by atoms with E-state index in [0.717, 1.165) is 57.0 Å². The second-order valence-electron chi connectivity index (χ2n) is 7.21. The summed E-state index contributed by atoms with van der Waals surface area (Å²) in [7, 11) is 0. The zero-order chi connectivity index (χ0) is 18.2. The Balaban J connectivity index is 1.82. The molecular formula is C22H14N6+2. The Morgan fingerprint density at radius 1 is 0.607 bits per heavy atom. The van der Waals surface area contributed by atoms with Gasteiger partial charge in [0.1, 0.15) is 22.1 Å². The van der Waals surface area contributed by atoms with E-state index >= 15 is 0 Å². The van der Waals surface area contributed by atoms with Crippen molar-refractivity contribution in [2.24, 2.45) is 0 Å². The Bertz CT molecular complexity index is 1620. The van der Waals surface area contributed by atoms with E-state index in [-0.39, 0.29) is 0 Å². The molecular weight excluding hydrogens is 348 g/mol. The van der Waals surface area contributed by atoms with Crippen LogP contribution in [0.5, 0.6) is 0 Å². The largest absolute Gasteiger partial charge is 0.287 e. The minimum absolute atomic E-state index is 0.793. The normalized spacial score (nSPS) is 13.4. The van der Waals surface area contributed by atoms with Crippen molar-refractivity contribution in [3.63, 3.8) is 0 Å². The molecule has 0 unspecified atom stereocenters. The molecule has 7 rings (SSSR count). The molecule has 0 spiro atoms. The number of aryl methyl sites for hydroxylation is 2. The summed E-state index contributed by atoms with van der Waals surface area (Å²) in [6.45, 7) is 1.91. The van der Waals surface area contributed by atoms with Gasteiger partial charge in [-0.1, -0.05) is 0 Å². The van der Waals surface area contributed by atoms with Crippen molar-refractivity contribution in [3.05, 3.63) is 61.2 Å². The summed E-state index contributed by atoms with van der Waals surface area (Å²) in [5.41, 5.74) is 7.58. The first kappa shape index (κ1) is 14.3. The zero-order valence-electron chi connectivity index (χ0n) is 14.9. The Hall–Kier alpha value is -3.80. The third-order valence-corrected chi connectivity index (χ3v) is 5.73. The minimum Gasteiger partial charge on any atom is -0.253 e. The summed E-state index contributed by atoms with van der Waals surface area (Å²) < 4.78 is 4.65. The molecule has 0 fully saturated rings. The lowest BCUT2D eigenvalue weighted by atomic mass is 10.0. The number of benzene rings is 2. The van der Waals surface area contributed by atoms with Crippen LogP contribution in [-0.4, -0.2) is 19.9 Å². The van der Waals surface area contributed by atoms with Crippen LogP contribution in [0.4, 0.5) is 0 Å². The van der Waals surface area contributed by atoms with Gasteiger partial charge in [0, 0.05) is 24.5 Å². The van der Waals surface area contributed by atoms with Crippen LogP contribution in [0, 0.1) is 0 Å². The molecule has 6 aromatic rings. The van der Waals surface area contributed by atoms with Crippen LogP contribution < -0.4 is 9.13 Å². The standard InChI is InChI=1S/C22H14N6/c1-3-13-17-18(14-4-2-10-28-12-11-27(9-1)21(13)22(14)28)26-20-16(25-17)6-5-15-19(20)24-8-7-23-15/h1-10H,11-12H2/q+2. The minimum atomic E-state index is 0.793.